The van der Waals surface area contributed by atoms with Gasteiger partial charge in [-0.2, -0.15) is 0 Å². The van der Waals surface area contributed by atoms with Crippen LogP contribution in [0, 0.1) is 5.82 Å². The number of thioether (sulfide) groups is 1. The van der Waals surface area contributed by atoms with E-state index in [4.69, 9.17) is 28.6 Å². The maximum Gasteiger partial charge on any atom is 0.265 e. The summed E-state index contributed by atoms with van der Waals surface area (Å²) in [6.07, 6.45) is 4.58. The molecule has 0 atom stereocenters. The third-order valence-electron chi connectivity index (χ3n) is 4.02. The van der Waals surface area contributed by atoms with E-state index in [2.05, 4.69) is 10.3 Å². The number of ether oxygens (including phenoxy) is 1. The van der Waals surface area contributed by atoms with Gasteiger partial charge in [-0.05, 0) is 35.4 Å². The van der Waals surface area contributed by atoms with Gasteiger partial charge >= 0.3 is 0 Å². The predicted molar refractivity (Wildman–Crippen MR) is 109 cm³/mol. The Morgan fingerprint density at radius 3 is 2.89 bits per heavy atom. The van der Waals surface area contributed by atoms with Crippen LogP contribution in [0.25, 0.3) is 6.08 Å². The first kappa shape index (κ1) is 18.9. The SMILES string of the molecule is O=C1NC(=S)S/C1=C/c1cc(F)c2c(c1)N(Cc1cncc(Cl)c1)C(=O)CO2. The van der Waals surface area contributed by atoms with E-state index in [-0.39, 0.29) is 36.4 Å². The maximum absolute atomic E-state index is 14.6. The second-order valence-electron chi connectivity index (χ2n) is 5.98. The lowest BCUT2D eigenvalue weighted by Crippen LogP contribution is -2.38. The molecule has 1 aromatic heterocycles. The largest absolute Gasteiger partial charge is 0.478 e. The number of aromatic nitrogens is 1. The van der Waals surface area contributed by atoms with Gasteiger partial charge in [-0.3, -0.25) is 14.6 Å². The highest BCUT2D eigenvalue weighted by atomic mass is 35.5. The first-order chi connectivity index (χ1) is 13.4. The third kappa shape index (κ3) is 3.73. The number of carbonyl (C=O) groups is 2. The Kier molecular flexibility index (Phi) is 5.05. The molecule has 3 heterocycles. The number of pyridine rings is 1. The number of anilines is 1. The standard InChI is InChI=1S/C18H11ClFN3O3S2/c19-11-1-10(5-21-6-11)7-23-13-3-9(4-14-17(25)22-18(27)28-14)2-12(20)16(13)26-8-15(23)24/h1-6H,7-8H2,(H,22,25,27)/b14-4+. The quantitative estimate of drug-likeness (QED) is 0.589. The van der Waals surface area contributed by atoms with Gasteiger partial charge in [0.25, 0.3) is 11.8 Å². The van der Waals surface area contributed by atoms with Gasteiger partial charge < -0.3 is 15.0 Å². The van der Waals surface area contributed by atoms with Crippen LogP contribution < -0.4 is 15.0 Å². The molecule has 0 radical (unpaired) electrons. The van der Waals surface area contributed by atoms with Crippen LogP contribution in [0.3, 0.4) is 0 Å². The zero-order chi connectivity index (χ0) is 19.8. The fraction of sp³-hybridized carbons (Fsp3) is 0.111. The van der Waals surface area contributed by atoms with E-state index in [1.54, 1.807) is 18.3 Å². The summed E-state index contributed by atoms with van der Waals surface area (Å²) >= 11 is 12.0. The number of nitrogens with one attached hydrogen (secondary N) is 1. The van der Waals surface area contributed by atoms with Crippen LogP contribution in [0.1, 0.15) is 11.1 Å². The van der Waals surface area contributed by atoms with Crippen LogP contribution in [0.4, 0.5) is 10.1 Å². The zero-order valence-corrected chi connectivity index (χ0v) is 16.5. The maximum atomic E-state index is 14.6. The molecule has 0 unspecified atom stereocenters. The molecular formula is C18H11ClFN3O3S2. The number of rotatable bonds is 3. The van der Waals surface area contributed by atoms with Gasteiger partial charge in [0.2, 0.25) is 0 Å². The normalized spacial score (nSPS) is 17.6. The minimum Gasteiger partial charge on any atom is -0.478 e. The van der Waals surface area contributed by atoms with Gasteiger partial charge in [-0.15, -0.1) is 0 Å². The minimum absolute atomic E-state index is 0.0178. The van der Waals surface area contributed by atoms with Gasteiger partial charge in [0.15, 0.2) is 18.2 Å². The Morgan fingerprint density at radius 1 is 1.36 bits per heavy atom. The number of thiocarbonyl (C=S) groups is 1. The van der Waals surface area contributed by atoms with E-state index < -0.39 is 5.82 Å². The van der Waals surface area contributed by atoms with E-state index in [1.807, 2.05) is 0 Å². The highest BCUT2D eigenvalue weighted by molar-refractivity contribution is 8.26. The van der Waals surface area contributed by atoms with Crippen molar-refractivity contribution in [3.63, 3.8) is 0 Å². The molecule has 2 amide bonds. The smallest absolute Gasteiger partial charge is 0.265 e. The Morgan fingerprint density at radius 2 is 2.18 bits per heavy atom. The number of benzene rings is 1. The van der Waals surface area contributed by atoms with Gasteiger partial charge in [0.05, 0.1) is 22.2 Å². The molecule has 2 aromatic rings. The number of carbonyl (C=O) groups excluding carboxylic acids is 2. The van der Waals surface area contributed by atoms with Gasteiger partial charge in [-0.1, -0.05) is 35.6 Å². The molecule has 10 heteroatoms. The summed E-state index contributed by atoms with van der Waals surface area (Å²) in [7, 11) is 0. The van der Waals surface area contributed by atoms with Crippen molar-refractivity contribution >= 4 is 63.5 Å². The molecular weight excluding hydrogens is 425 g/mol. The minimum atomic E-state index is -0.628. The fourth-order valence-electron chi connectivity index (χ4n) is 2.84. The Hall–Kier alpha value is -2.49. The van der Waals surface area contributed by atoms with E-state index in [0.29, 0.717) is 25.4 Å². The van der Waals surface area contributed by atoms with E-state index >= 15 is 0 Å². The van der Waals surface area contributed by atoms with Crippen molar-refractivity contribution in [3.8, 4) is 5.75 Å². The summed E-state index contributed by atoms with van der Waals surface area (Å²) in [6, 6.07) is 4.52. The van der Waals surface area contributed by atoms with Crippen molar-refractivity contribution in [2.45, 2.75) is 6.54 Å². The summed E-state index contributed by atoms with van der Waals surface area (Å²) in [4.78, 5) is 30.1. The van der Waals surface area contributed by atoms with Crippen molar-refractivity contribution in [1.82, 2.24) is 10.3 Å². The molecule has 1 aromatic carbocycles. The number of amides is 2. The molecule has 0 spiro atoms. The first-order valence-electron chi connectivity index (χ1n) is 8.02. The highest BCUT2D eigenvalue weighted by Crippen LogP contribution is 2.38. The number of halogens is 2. The summed E-state index contributed by atoms with van der Waals surface area (Å²) in [5.41, 5.74) is 1.37. The highest BCUT2D eigenvalue weighted by Gasteiger charge is 2.29. The number of hydrogen-bond donors (Lipinski definition) is 1. The van der Waals surface area contributed by atoms with Crippen LogP contribution in [-0.2, 0) is 16.1 Å². The first-order valence-corrected chi connectivity index (χ1v) is 9.62. The predicted octanol–water partition coefficient (Wildman–Crippen LogP) is 3.29. The molecule has 142 valence electrons. The van der Waals surface area contributed by atoms with Crippen LogP contribution in [0.2, 0.25) is 5.02 Å². The summed E-state index contributed by atoms with van der Waals surface area (Å²) < 4.78 is 20.2. The molecule has 4 rings (SSSR count). The van der Waals surface area contributed by atoms with Crippen molar-refractivity contribution in [3.05, 3.63) is 57.5 Å². The van der Waals surface area contributed by atoms with Crippen LogP contribution in [-0.4, -0.2) is 27.7 Å². The Bertz CT molecular complexity index is 1060. The fourth-order valence-corrected chi connectivity index (χ4v) is 4.08. The molecule has 1 N–H and O–H groups in total. The van der Waals surface area contributed by atoms with Crippen LogP contribution in [0.5, 0.6) is 5.75 Å². The van der Waals surface area contributed by atoms with Crippen molar-refractivity contribution in [2.24, 2.45) is 0 Å². The van der Waals surface area contributed by atoms with Crippen molar-refractivity contribution in [1.29, 1.82) is 0 Å². The molecule has 2 aliphatic heterocycles. The molecule has 1 saturated heterocycles. The van der Waals surface area contributed by atoms with E-state index in [1.165, 1.54) is 23.2 Å². The summed E-state index contributed by atoms with van der Waals surface area (Å²) in [5.74, 6) is -1.32. The average Bonchev–Trinajstić information content (AvgIpc) is 2.94. The number of fused-ring (bicyclic) bond motifs is 1. The van der Waals surface area contributed by atoms with Crippen LogP contribution >= 0.6 is 35.6 Å². The molecule has 0 saturated carbocycles. The number of hydrogen-bond acceptors (Lipinski definition) is 6. The van der Waals surface area contributed by atoms with E-state index in [0.717, 1.165) is 11.8 Å². The molecule has 0 bridgehead atoms. The third-order valence-corrected chi connectivity index (χ3v) is 5.39. The second-order valence-corrected chi connectivity index (χ2v) is 8.14. The molecule has 1 fully saturated rings. The van der Waals surface area contributed by atoms with Crippen molar-refractivity contribution < 1.29 is 18.7 Å². The van der Waals surface area contributed by atoms with Gasteiger partial charge in [-0.25, -0.2) is 4.39 Å². The summed E-state index contributed by atoms with van der Waals surface area (Å²) in [5, 5.41) is 2.94. The zero-order valence-electron chi connectivity index (χ0n) is 14.1. The monoisotopic (exact) mass is 435 g/mol. The van der Waals surface area contributed by atoms with Crippen molar-refractivity contribution in [2.75, 3.05) is 11.5 Å². The lowest BCUT2D eigenvalue weighted by atomic mass is 10.1. The number of nitrogens with zero attached hydrogens (tertiary/aromatic N) is 2. The van der Waals surface area contributed by atoms with Gasteiger partial charge in [0.1, 0.15) is 4.32 Å². The van der Waals surface area contributed by atoms with Crippen LogP contribution in [0.15, 0.2) is 35.5 Å². The molecule has 6 nitrogen and oxygen atoms in total. The lowest BCUT2D eigenvalue weighted by molar-refractivity contribution is -0.121. The average molecular weight is 436 g/mol. The van der Waals surface area contributed by atoms with Gasteiger partial charge in [0, 0.05) is 12.4 Å². The summed E-state index contributed by atoms with van der Waals surface area (Å²) in [6.45, 7) is -0.119. The molecule has 0 aliphatic carbocycles. The molecule has 2 aliphatic rings. The topological polar surface area (TPSA) is 71.5 Å². The second kappa shape index (κ2) is 7.50. The Balaban J connectivity index is 1.73. The lowest BCUT2D eigenvalue weighted by Gasteiger charge is -2.30. The van der Waals surface area contributed by atoms with E-state index in [9.17, 15) is 14.0 Å². The Labute approximate surface area is 173 Å². The molecule has 28 heavy (non-hydrogen) atoms.